The molecular formula is C24H29FO4. The second-order valence-electron chi connectivity index (χ2n) is 8.18. The predicted octanol–water partition coefficient (Wildman–Crippen LogP) is 4.06. The molecule has 0 amide bonds. The SMILES string of the molecule is O=C(O)CCC/C=C\C[C@H]1C(=O)C[C@H](F)[C@@H]1/C=C/[C@@H](O)C1Cc2ccccc2C1. The lowest BCUT2D eigenvalue weighted by atomic mass is 9.89. The quantitative estimate of drug-likeness (QED) is 0.484. The van der Waals surface area contributed by atoms with Crippen molar-refractivity contribution in [3.05, 3.63) is 59.7 Å². The highest BCUT2D eigenvalue weighted by Crippen LogP contribution is 2.36. The predicted molar refractivity (Wildman–Crippen MR) is 109 cm³/mol. The Hall–Kier alpha value is -2.27. The molecule has 4 atom stereocenters. The number of hydrogen-bond donors (Lipinski definition) is 2. The summed E-state index contributed by atoms with van der Waals surface area (Å²) in [7, 11) is 0. The zero-order chi connectivity index (χ0) is 20.8. The van der Waals surface area contributed by atoms with Gasteiger partial charge < -0.3 is 10.2 Å². The monoisotopic (exact) mass is 400 g/mol. The third-order valence-electron chi connectivity index (χ3n) is 6.11. The molecule has 1 saturated carbocycles. The van der Waals surface area contributed by atoms with Crippen LogP contribution in [0.15, 0.2) is 48.6 Å². The lowest BCUT2D eigenvalue weighted by molar-refractivity contribution is -0.137. The van der Waals surface area contributed by atoms with Crippen LogP contribution in [0.5, 0.6) is 0 Å². The summed E-state index contributed by atoms with van der Waals surface area (Å²) in [4.78, 5) is 22.7. The number of carboxylic acids is 1. The molecule has 1 fully saturated rings. The van der Waals surface area contributed by atoms with Gasteiger partial charge in [0.1, 0.15) is 12.0 Å². The first kappa shape index (κ1) is 21.4. The van der Waals surface area contributed by atoms with E-state index >= 15 is 0 Å². The minimum atomic E-state index is -1.21. The van der Waals surface area contributed by atoms with E-state index in [0.29, 0.717) is 19.3 Å². The van der Waals surface area contributed by atoms with E-state index in [4.69, 9.17) is 5.11 Å². The van der Waals surface area contributed by atoms with Crippen LogP contribution in [0.2, 0.25) is 0 Å². The number of carboxylic acid groups (broad SMARTS) is 1. The van der Waals surface area contributed by atoms with Crippen LogP contribution in [-0.2, 0) is 22.4 Å². The van der Waals surface area contributed by atoms with Gasteiger partial charge in [-0.05, 0) is 49.1 Å². The molecule has 156 valence electrons. The lowest BCUT2D eigenvalue weighted by Gasteiger charge is -2.18. The van der Waals surface area contributed by atoms with Gasteiger partial charge in [0.05, 0.1) is 6.10 Å². The summed E-state index contributed by atoms with van der Waals surface area (Å²) >= 11 is 0. The molecule has 0 saturated heterocycles. The first-order valence-corrected chi connectivity index (χ1v) is 10.4. The molecule has 0 bridgehead atoms. The summed E-state index contributed by atoms with van der Waals surface area (Å²) in [5.41, 5.74) is 2.52. The van der Waals surface area contributed by atoms with Crippen molar-refractivity contribution in [2.75, 3.05) is 0 Å². The second kappa shape index (κ2) is 9.97. The topological polar surface area (TPSA) is 74.6 Å². The van der Waals surface area contributed by atoms with Gasteiger partial charge in [-0.25, -0.2) is 4.39 Å². The van der Waals surface area contributed by atoms with E-state index in [9.17, 15) is 19.1 Å². The molecule has 5 heteroatoms. The van der Waals surface area contributed by atoms with Crippen molar-refractivity contribution in [3.63, 3.8) is 0 Å². The van der Waals surface area contributed by atoms with E-state index in [1.165, 1.54) is 11.1 Å². The first-order valence-electron chi connectivity index (χ1n) is 10.4. The van der Waals surface area contributed by atoms with Gasteiger partial charge in [-0.15, -0.1) is 0 Å². The smallest absolute Gasteiger partial charge is 0.303 e. The van der Waals surface area contributed by atoms with E-state index in [0.717, 1.165) is 12.8 Å². The Morgan fingerprint density at radius 1 is 1.17 bits per heavy atom. The van der Waals surface area contributed by atoms with Crippen LogP contribution < -0.4 is 0 Å². The normalized spacial score (nSPS) is 25.9. The van der Waals surface area contributed by atoms with Crippen LogP contribution in [0.25, 0.3) is 0 Å². The molecule has 0 unspecified atom stereocenters. The van der Waals surface area contributed by atoms with Gasteiger partial charge in [0.25, 0.3) is 0 Å². The molecular weight excluding hydrogens is 371 g/mol. The number of benzene rings is 1. The van der Waals surface area contributed by atoms with Crippen molar-refractivity contribution in [3.8, 4) is 0 Å². The van der Waals surface area contributed by atoms with E-state index < -0.39 is 30.1 Å². The molecule has 1 aromatic rings. The summed E-state index contributed by atoms with van der Waals surface area (Å²) in [5.74, 6) is -1.73. The van der Waals surface area contributed by atoms with Gasteiger partial charge in [0.2, 0.25) is 0 Å². The number of rotatable bonds is 9. The van der Waals surface area contributed by atoms with Crippen LogP contribution in [0.4, 0.5) is 4.39 Å². The molecule has 0 spiro atoms. The summed E-state index contributed by atoms with van der Waals surface area (Å²) in [5, 5.41) is 19.2. The summed E-state index contributed by atoms with van der Waals surface area (Å²) < 4.78 is 14.4. The number of Topliss-reactive ketones (excluding diaryl/α,β-unsaturated/α-hetero) is 1. The number of alkyl halides is 1. The van der Waals surface area contributed by atoms with Gasteiger partial charge in [0, 0.05) is 24.7 Å². The number of hydrogen-bond acceptors (Lipinski definition) is 3. The van der Waals surface area contributed by atoms with E-state index in [1.807, 2.05) is 24.3 Å². The number of aliphatic hydroxyl groups excluding tert-OH is 1. The molecule has 0 heterocycles. The highest BCUT2D eigenvalue weighted by atomic mass is 19.1. The maximum Gasteiger partial charge on any atom is 0.303 e. The van der Waals surface area contributed by atoms with Gasteiger partial charge in [0.15, 0.2) is 0 Å². The van der Waals surface area contributed by atoms with Crippen LogP contribution in [0.1, 0.15) is 43.2 Å². The number of aliphatic hydroxyl groups is 1. The van der Waals surface area contributed by atoms with Crippen molar-refractivity contribution in [2.45, 2.75) is 57.2 Å². The van der Waals surface area contributed by atoms with Crippen molar-refractivity contribution in [2.24, 2.45) is 17.8 Å². The Balaban J connectivity index is 1.54. The number of ketones is 1. The largest absolute Gasteiger partial charge is 0.481 e. The van der Waals surface area contributed by atoms with Crippen molar-refractivity contribution in [1.29, 1.82) is 0 Å². The number of carbonyl (C=O) groups is 2. The number of carbonyl (C=O) groups excluding carboxylic acids is 1. The molecule has 2 aliphatic carbocycles. The zero-order valence-corrected chi connectivity index (χ0v) is 16.5. The molecule has 0 radical (unpaired) electrons. The number of aliphatic carboxylic acids is 1. The van der Waals surface area contributed by atoms with Gasteiger partial charge >= 0.3 is 5.97 Å². The Morgan fingerprint density at radius 3 is 2.52 bits per heavy atom. The first-order chi connectivity index (χ1) is 14.0. The highest BCUT2D eigenvalue weighted by Gasteiger charge is 2.40. The van der Waals surface area contributed by atoms with Crippen molar-refractivity contribution < 1.29 is 24.2 Å². The molecule has 2 N–H and O–H groups in total. The molecule has 29 heavy (non-hydrogen) atoms. The maximum atomic E-state index is 14.4. The number of allylic oxidation sites excluding steroid dienone is 3. The fourth-order valence-electron chi connectivity index (χ4n) is 4.46. The number of fused-ring (bicyclic) bond motifs is 1. The summed E-state index contributed by atoms with van der Waals surface area (Å²) in [6.07, 6.45) is 8.54. The average molecular weight is 400 g/mol. The average Bonchev–Trinajstić information content (AvgIpc) is 3.23. The van der Waals surface area contributed by atoms with Crippen LogP contribution in [0, 0.1) is 17.8 Å². The van der Waals surface area contributed by atoms with Crippen LogP contribution in [0.3, 0.4) is 0 Å². The molecule has 0 aromatic heterocycles. The standard InChI is InChI=1S/C24H29FO4/c25-21-15-23(27)20(9-3-1-2-4-10-24(28)29)19(21)11-12-22(26)18-13-16-7-5-6-8-17(16)14-18/h1,3,5-8,11-12,18-22,26H,2,4,9-10,13-15H2,(H,28,29)/b3-1-,12-11+/t19-,20-,21+,22-/m1/s1. The fourth-order valence-corrected chi connectivity index (χ4v) is 4.46. The Bertz CT molecular complexity index is 760. The van der Waals surface area contributed by atoms with Crippen molar-refractivity contribution in [1.82, 2.24) is 0 Å². The van der Waals surface area contributed by atoms with Gasteiger partial charge in [-0.2, -0.15) is 0 Å². The molecule has 3 rings (SSSR count). The lowest BCUT2D eigenvalue weighted by Crippen LogP contribution is -2.20. The zero-order valence-electron chi connectivity index (χ0n) is 16.5. The third-order valence-corrected chi connectivity index (χ3v) is 6.11. The Morgan fingerprint density at radius 2 is 1.86 bits per heavy atom. The van der Waals surface area contributed by atoms with Gasteiger partial charge in [-0.1, -0.05) is 48.6 Å². The Labute approximate surface area is 171 Å². The fraction of sp³-hybridized carbons (Fsp3) is 0.500. The van der Waals surface area contributed by atoms with E-state index in [-0.39, 0.29) is 24.5 Å². The molecule has 2 aliphatic rings. The summed E-state index contributed by atoms with van der Waals surface area (Å²) in [6, 6.07) is 8.16. The van der Waals surface area contributed by atoms with Crippen LogP contribution in [-0.4, -0.2) is 34.2 Å². The molecule has 0 aliphatic heterocycles. The minimum Gasteiger partial charge on any atom is -0.481 e. The minimum absolute atomic E-state index is 0.0719. The third kappa shape index (κ3) is 5.63. The van der Waals surface area contributed by atoms with Gasteiger partial charge in [-0.3, -0.25) is 9.59 Å². The highest BCUT2D eigenvalue weighted by molar-refractivity contribution is 5.84. The number of unbranched alkanes of at least 4 members (excludes halogenated alkanes) is 1. The maximum absolute atomic E-state index is 14.4. The molecule has 1 aromatic carbocycles. The Kier molecular flexibility index (Phi) is 7.37. The summed E-state index contributed by atoms with van der Waals surface area (Å²) in [6.45, 7) is 0. The van der Waals surface area contributed by atoms with Crippen molar-refractivity contribution >= 4 is 11.8 Å². The van der Waals surface area contributed by atoms with E-state index in [2.05, 4.69) is 12.1 Å². The van der Waals surface area contributed by atoms with E-state index in [1.54, 1.807) is 12.2 Å². The molecule has 4 nitrogen and oxygen atoms in total. The second-order valence-corrected chi connectivity index (χ2v) is 8.18. The van der Waals surface area contributed by atoms with Crippen LogP contribution >= 0.6 is 0 Å². The number of halogens is 1.